The molecule has 28 heavy (non-hydrogen) atoms. The Hall–Kier alpha value is -3.08. The number of amides is 1. The second-order valence-electron chi connectivity index (χ2n) is 7.41. The number of hydrogen-bond donors (Lipinski definition) is 0. The minimum Gasteiger partial charge on any atom is -0.497 e. The van der Waals surface area contributed by atoms with Gasteiger partial charge in [-0.3, -0.25) is 9.36 Å². The number of hydrogen-bond acceptors (Lipinski definition) is 3. The number of imidazole rings is 1. The summed E-state index contributed by atoms with van der Waals surface area (Å²) < 4.78 is 7.47. The van der Waals surface area contributed by atoms with Gasteiger partial charge in [-0.1, -0.05) is 24.3 Å². The summed E-state index contributed by atoms with van der Waals surface area (Å²) >= 11 is 0. The first-order valence-electron chi connectivity index (χ1n) is 9.91. The van der Waals surface area contributed by atoms with E-state index in [2.05, 4.69) is 10.6 Å². The number of aryl methyl sites for hydroxylation is 1. The van der Waals surface area contributed by atoms with Crippen molar-refractivity contribution in [3.8, 4) is 11.4 Å². The first-order valence-corrected chi connectivity index (χ1v) is 9.91. The number of para-hydroxylation sites is 1. The zero-order valence-electron chi connectivity index (χ0n) is 16.0. The number of anilines is 1. The van der Waals surface area contributed by atoms with Crippen LogP contribution in [0.4, 0.5) is 5.69 Å². The molecule has 0 saturated carbocycles. The maximum absolute atomic E-state index is 13.6. The normalized spacial score (nSPS) is 15.2. The number of carbonyl (C=O) groups excluding carboxylic acids is 1. The number of methoxy groups -OCH3 is 1. The van der Waals surface area contributed by atoms with Crippen molar-refractivity contribution < 1.29 is 9.53 Å². The largest absolute Gasteiger partial charge is 0.497 e. The Morgan fingerprint density at radius 3 is 2.79 bits per heavy atom. The van der Waals surface area contributed by atoms with E-state index in [1.54, 1.807) is 7.11 Å². The van der Waals surface area contributed by atoms with E-state index in [0.717, 1.165) is 60.6 Å². The van der Waals surface area contributed by atoms with Crippen molar-refractivity contribution in [1.82, 2.24) is 9.55 Å². The highest BCUT2D eigenvalue weighted by atomic mass is 16.5. The fourth-order valence-corrected chi connectivity index (χ4v) is 4.38. The Kier molecular flexibility index (Phi) is 4.15. The number of aromatic nitrogens is 2. The van der Waals surface area contributed by atoms with Crippen molar-refractivity contribution >= 4 is 11.6 Å². The molecule has 5 heteroatoms. The van der Waals surface area contributed by atoms with Gasteiger partial charge in [-0.15, -0.1) is 0 Å². The topological polar surface area (TPSA) is 47.4 Å². The highest BCUT2D eigenvalue weighted by Gasteiger charge is 2.31. The fourth-order valence-electron chi connectivity index (χ4n) is 4.38. The first kappa shape index (κ1) is 17.0. The van der Waals surface area contributed by atoms with Crippen LogP contribution < -0.4 is 9.64 Å². The van der Waals surface area contributed by atoms with Gasteiger partial charge in [0.2, 0.25) is 5.82 Å². The molecule has 0 saturated heterocycles. The monoisotopic (exact) mass is 373 g/mol. The fraction of sp³-hybridized carbons (Fsp3) is 0.304. The molecule has 2 aromatic carbocycles. The number of benzene rings is 2. The van der Waals surface area contributed by atoms with Crippen LogP contribution in [0.2, 0.25) is 0 Å². The molecular weight excluding hydrogens is 350 g/mol. The van der Waals surface area contributed by atoms with Gasteiger partial charge in [0.1, 0.15) is 5.75 Å². The summed E-state index contributed by atoms with van der Waals surface area (Å²) in [6.07, 6.45) is 5.03. The van der Waals surface area contributed by atoms with Gasteiger partial charge in [0.15, 0.2) is 0 Å². The summed E-state index contributed by atoms with van der Waals surface area (Å²) in [5.74, 6) is 1.26. The quantitative estimate of drug-likeness (QED) is 0.698. The molecule has 3 aromatic rings. The zero-order valence-corrected chi connectivity index (χ0v) is 16.0. The summed E-state index contributed by atoms with van der Waals surface area (Å²) in [4.78, 5) is 20.3. The molecule has 0 unspecified atom stereocenters. The molecule has 0 bridgehead atoms. The van der Waals surface area contributed by atoms with Gasteiger partial charge in [-0.05, 0) is 55.9 Å². The average molecular weight is 373 g/mol. The number of nitrogens with zero attached hydrogens (tertiary/aromatic N) is 3. The van der Waals surface area contributed by atoms with Crippen molar-refractivity contribution in [2.45, 2.75) is 32.1 Å². The lowest BCUT2D eigenvalue weighted by atomic mass is 10.0. The highest BCUT2D eigenvalue weighted by Crippen LogP contribution is 2.32. The molecule has 1 amide bonds. The van der Waals surface area contributed by atoms with Gasteiger partial charge in [-0.25, -0.2) is 4.98 Å². The van der Waals surface area contributed by atoms with Gasteiger partial charge in [0.05, 0.1) is 18.5 Å². The Morgan fingerprint density at radius 1 is 1.04 bits per heavy atom. The van der Waals surface area contributed by atoms with Crippen molar-refractivity contribution in [2.75, 3.05) is 18.6 Å². The highest BCUT2D eigenvalue weighted by molar-refractivity contribution is 6.05. The minimum absolute atomic E-state index is 0.0258. The van der Waals surface area contributed by atoms with E-state index in [1.165, 1.54) is 5.56 Å². The third kappa shape index (κ3) is 2.70. The Labute approximate surface area is 164 Å². The molecule has 2 heterocycles. The van der Waals surface area contributed by atoms with E-state index >= 15 is 0 Å². The van der Waals surface area contributed by atoms with Crippen LogP contribution in [0.1, 0.15) is 40.4 Å². The molecular formula is C23H23N3O2. The summed E-state index contributed by atoms with van der Waals surface area (Å²) in [5.41, 5.74) is 5.39. The predicted octanol–water partition coefficient (Wildman–Crippen LogP) is 3.96. The van der Waals surface area contributed by atoms with E-state index in [0.29, 0.717) is 12.4 Å². The molecule has 2 aliphatic rings. The second-order valence-corrected chi connectivity index (χ2v) is 7.41. The van der Waals surface area contributed by atoms with E-state index in [-0.39, 0.29) is 5.91 Å². The number of rotatable bonds is 3. The molecule has 1 aliphatic heterocycles. The third-order valence-electron chi connectivity index (χ3n) is 5.77. The van der Waals surface area contributed by atoms with E-state index < -0.39 is 0 Å². The average Bonchev–Trinajstić information content (AvgIpc) is 3.35. The van der Waals surface area contributed by atoms with Crippen LogP contribution in [0.25, 0.3) is 5.69 Å². The van der Waals surface area contributed by atoms with Crippen molar-refractivity contribution in [2.24, 2.45) is 0 Å². The molecule has 0 atom stereocenters. The molecule has 5 nitrogen and oxygen atoms in total. The maximum Gasteiger partial charge on any atom is 0.294 e. The minimum atomic E-state index is -0.0258. The van der Waals surface area contributed by atoms with Gasteiger partial charge in [0.25, 0.3) is 5.91 Å². The van der Waals surface area contributed by atoms with Gasteiger partial charge in [-0.2, -0.15) is 0 Å². The lowest BCUT2D eigenvalue weighted by Crippen LogP contribution is -2.31. The van der Waals surface area contributed by atoms with Crippen molar-refractivity contribution in [3.05, 3.63) is 71.3 Å². The zero-order chi connectivity index (χ0) is 19.1. The SMILES string of the molecule is COc1cccc(-n2c(C(=O)N3CCc4ccccc43)nc3c2CCCC3)c1. The van der Waals surface area contributed by atoms with Gasteiger partial charge < -0.3 is 9.64 Å². The van der Waals surface area contributed by atoms with Crippen molar-refractivity contribution in [1.29, 1.82) is 0 Å². The summed E-state index contributed by atoms with van der Waals surface area (Å²) in [6, 6.07) is 16.0. The van der Waals surface area contributed by atoms with E-state index in [1.807, 2.05) is 47.4 Å². The van der Waals surface area contributed by atoms with Crippen LogP contribution in [0, 0.1) is 0 Å². The molecule has 1 aliphatic carbocycles. The Bertz CT molecular complexity index is 1050. The van der Waals surface area contributed by atoms with E-state index in [4.69, 9.17) is 9.72 Å². The molecule has 0 spiro atoms. The van der Waals surface area contributed by atoms with Crippen LogP contribution in [0.3, 0.4) is 0 Å². The molecule has 0 radical (unpaired) electrons. The maximum atomic E-state index is 13.6. The second kappa shape index (κ2) is 6.82. The summed E-state index contributed by atoms with van der Waals surface area (Å²) in [6.45, 7) is 0.702. The molecule has 0 N–H and O–H groups in total. The lowest BCUT2D eigenvalue weighted by Gasteiger charge is -2.19. The van der Waals surface area contributed by atoms with Gasteiger partial charge >= 0.3 is 0 Å². The van der Waals surface area contributed by atoms with Crippen LogP contribution in [-0.4, -0.2) is 29.1 Å². The Morgan fingerprint density at radius 2 is 1.89 bits per heavy atom. The molecule has 142 valence electrons. The predicted molar refractivity (Wildman–Crippen MR) is 109 cm³/mol. The molecule has 1 aromatic heterocycles. The molecule has 5 rings (SSSR count). The van der Waals surface area contributed by atoms with E-state index in [9.17, 15) is 4.79 Å². The molecule has 0 fully saturated rings. The van der Waals surface area contributed by atoms with Crippen LogP contribution in [0.15, 0.2) is 48.5 Å². The number of fused-ring (bicyclic) bond motifs is 2. The number of ether oxygens (including phenoxy) is 1. The Balaban J connectivity index is 1.63. The number of carbonyl (C=O) groups is 1. The van der Waals surface area contributed by atoms with Crippen LogP contribution in [-0.2, 0) is 19.3 Å². The third-order valence-corrected chi connectivity index (χ3v) is 5.77. The van der Waals surface area contributed by atoms with Crippen LogP contribution >= 0.6 is 0 Å². The lowest BCUT2D eigenvalue weighted by molar-refractivity contribution is 0.0977. The van der Waals surface area contributed by atoms with Gasteiger partial charge in [0, 0.05) is 24.0 Å². The van der Waals surface area contributed by atoms with Crippen molar-refractivity contribution in [3.63, 3.8) is 0 Å². The summed E-state index contributed by atoms with van der Waals surface area (Å²) in [5, 5.41) is 0. The first-order chi connectivity index (χ1) is 13.8. The summed E-state index contributed by atoms with van der Waals surface area (Å²) in [7, 11) is 1.66. The smallest absolute Gasteiger partial charge is 0.294 e. The standard InChI is InChI=1S/C23H23N3O2/c1-28-18-9-6-8-17(15-18)26-21-12-5-3-10-19(21)24-22(26)23(27)25-14-13-16-7-2-4-11-20(16)25/h2,4,6-9,11,15H,3,5,10,12-14H2,1H3. The van der Waals surface area contributed by atoms with Crippen LogP contribution in [0.5, 0.6) is 5.75 Å².